The molecule has 0 atom stereocenters. The molecule has 0 fully saturated rings. The molecule has 0 unspecified atom stereocenters. The molecule has 3 aromatic rings. The Labute approximate surface area is 148 Å². The smallest absolute Gasteiger partial charge is 0.0681 e. The molecule has 0 aliphatic carbocycles. The molecule has 0 bridgehead atoms. The van der Waals surface area contributed by atoms with Crippen LogP contribution in [0.3, 0.4) is 0 Å². The first kappa shape index (κ1) is 17.1. The maximum atomic E-state index is 4.67. The molecule has 1 aromatic carbocycles. The van der Waals surface area contributed by atoms with E-state index in [1.54, 1.807) is 0 Å². The van der Waals surface area contributed by atoms with Crippen LogP contribution in [0.1, 0.15) is 23.9 Å². The van der Waals surface area contributed by atoms with E-state index in [0.717, 1.165) is 25.1 Å². The number of nitrogens with zero attached hydrogens (tertiary/aromatic N) is 3. The van der Waals surface area contributed by atoms with Crippen molar-refractivity contribution in [2.24, 2.45) is 0 Å². The van der Waals surface area contributed by atoms with Crippen molar-refractivity contribution >= 4 is 17.3 Å². The van der Waals surface area contributed by atoms with Crippen LogP contribution in [-0.4, -0.2) is 34.1 Å². The Morgan fingerprint density at radius 1 is 1.12 bits per heavy atom. The first-order valence-corrected chi connectivity index (χ1v) is 9.47. The zero-order valence-corrected chi connectivity index (χ0v) is 15.5. The topological polar surface area (TPSA) is 20.5 Å². The van der Waals surface area contributed by atoms with Gasteiger partial charge in [-0.05, 0) is 44.3 Å². The molecular formula is C20H25N3S. The van der Waals surface area contributed by atoms with Crippen molar-refractivity contribution in [2.45, 2.75) is 31.2 Å². The van der Waals surface area contributed by atoms with Crippen molar-refractivity contribution in [3.05, 3.63) is 65.7 Å². The van der Waals surface area contributed by atoms with Gasteiger partial charge in [0.15, 0.2) is 0 Å². The minimum atomic E-state index is 0.943. The molecule has 0 aliphatic rings. The average Bonchev–Trinajstić information content (AvgIpc) is 2.92. The van der Waals surface area contributed by atoms with Gasteiger partial charge in [-0.2, -0.15) is 0 Å². The van der Waals surface area contributed by atoms with Crippen molar-refractivity contribution in [3.63, 3.8) is 0 Å². The van der Waals surface area contributed by atoms with E-state index >= 15 is 0 Å². The normalized spacial score (nSPS) is 11.5. The summed E-state index contributed by atoms with van der Waals surface area (Å²) in [5, 5.41) is 0. The minimum Gasteiger partial charge on any atom is -0.315 e. The van der Waals surface area contributed by atoms with Crippen LogP contribution in [0.2, 0.25) is 0 Å². The highest BCUT2D eigenvalue weighted by Gasteiger charge is 2.14. The zero-order valence-electron chi connectivity index (χ0n) is 14.7. The third kappa shape index (κ3) is 3.82. The summed E-state index contributed by atoms with van der Waals surface area (Å²) in [5.74, 6) is 1.09. The summed E-state index contributed by atoms with van der Waals surface area (Å²) in [6, 6.07) is 13.0. The predicted octanol–water partition coefficient (Wildman–Crippen LogP) is 4.29. The molecule has 0 saturated heterocycles. The lowest BCUT2D eigenvalue weighted by Crippen LogP contribution is -2.13. The molecule has 0 amide bonds. The lowest BCUT2D eigenvalue weighted by molar-refractivity contribution is 0.392. The molecule has 24 heavy (non-hydrogen) atoms. The van der Waals surface area contributed by atoms with Crippen LogP contribution in [0.4, 0.5) is 0 Å². The Morgan fingerprint density at radius 3 is 2.62 bits per heavy atom. The Morgan fingerprint density at radius 2 is 1.92 bits per heavy atom. The summed E-state index contributed by atoms with van der Waals surface area (Å²) in [5.41, 5.74) is 5.17. The SMILES string of the molecule is CCSc1cc2c(CCc3ccccc3)nccn2c1CN(C)C. The Bertz CT molecular complexity index is 793. The summed E-state index contributed by atoms with van der Waals surface area (Å²) >= 11 is 1.92. The minimum absolute atomic E-state index is 0.943. The van der Waals surface area contributed by atoms with Gasteiger partial charge in [0.05, 0.1) is 16.9 Å². The van der Waals surface area contributed by atoms with Gasteiger partial charge >= 0.3 is 0 Å². The lowest BCUT2D eigenvalue weighted by Gasteiger charge is -2.12. The molecule has 0 spiro atoms. The maximum absolute atomic E-state index is 4.67. The Balaban J connectivity index is 1.94. The van der Waals surface area contributed by atoms with Gasteiger partial charge in [0.25, 0.3) is 0 Å². The van der Waals surface area contributed by atoms with E-state index in [9.17, 15) is 0 Å². The van der Waals surface area contributed by atoms with Crippen LogP contribution in [0.5, 0.6) is 0 Å². The number of thioether (sulfide) groups is 1. The standard InChI is InChI=1S/C20H25N3S/c1-4-24-20-14-18-17(11-10-16-8-6-5-7-9-16)21-12-13-23(18)19(20)15-22(2)3/h5-9,12-14H,4,10-11,15H2,1-3H3. The summed E-state index contributed by atoms with van der Waals surface area (Å²) in [4.78, 5) is 8.27. The van der Waals surface area contributed by atoms with E-state index in [4.69, 9.17) is 0 Å². The number of rotatable bonds is 7. The highest BCUT2D eigenvalue weighted by atomic mass is 32.2. The molecule has 0 saturated carbocycles. The number of fused-ring (bicyclic) bond motifs is 1. The highest BCUT2D eigenvalue weighted by Crippen LogP contribution is 2.29. The molecule has 0 radical (unpaired) electrons. The fourth-order valence-corrected chi connectivity index (χ4v) is 3.86. The highest BCUT2D eigenvalue weighted by molar-refractivity contribution is 7.99. The molecule has 3 nitrogen and oxygen atoms in total. The molecule has 126 valence electrons. The molecule has 3 rings (SSSR count). The van der Waals surface area contributed by atoms with Crippen LogP contribution in [0, 0.1) is 0 Å². The van der Waals surface area contributed by atoms with Gasteiger partial charge in [-0.3, -0.25) is 4.98 Å². The Kier molecular flexibility index (Phi) is 5.59. The number of aryl methyl sites for hydroxylation is 2. The van der Waals surface area contributed by atoms with Crippen LogP contribution in [-0.2, 0) is 19.4 Å². The van der Waals surface area contributed by atoms with E-state index in [1.807, 2.05) is 18.0 Å². The fraction of sp³-hybridized carbons (Fsp3) is 0.350. The van der Waals surface area contributed by atoms with Crippen LogP contribution in [0.25, 0.3) is 5.52 Å². The zero-order chi connectivity index (χ0) is 16.9. The number of benzene rings is 1. The predicted molar refractivity (Wildman–Crippen MR) is 103 cm³/mol. The number of hydrogen-bond donors (Lipinski definition) is 0. The molecule has 4 heteroatoms. The van der Waals surface area contributed by atoms with Gasteiger partial charge < -0.3 is 9.30 Å². The second kappa shape index (κ2) is 7.86. The van der Waals surface area contributed by atoms with Crippen molar-refractivity contribution in [3.8, 4) is 0 Å². The number of hydrogen-bond acceptors (Lipinski definition) is 3. The maximum Gasteiger partial charge on any atom is 0.0681 e. The van der Waals surface area contributed by atoms with Gasteiger partial charge in [0.1, 0.15) is 0 Å². The van der Waals surface area contributed by atoms with Gasteiger partial charge in [0.2, 0.25) is 0 Å². The van der Waals surface area contributed by atoms with Gasteiger partial charge in [0, 0.05) is 23.8 Å². The third-order valence-electron chi connectivity index (χ3n) is 4.10. The van der Waals surface area contributed by atoms with Gasteiger partial charge in [-0.25, -0.2) is 0 Å². The Hall–Kier alpha value is -1.78. The van der Waals surface area contributed by atoms with Crippen molar-refractivity contribution in [1.82, 2.24) is 14.3 Å². The molecular weight excluding hydrogens is 314 g/mol. The van der Waals surface area contributed by atoms with E-state index in [0.29, 0.717) is 0 Å². The van der Waals surface area contributed by atoms with E-state index in [1.165, 1.54) is 27.4 Å². The second-order valence-electron chi connectivity index (χ2n) is 6.24. The molecule has 2 aromatic heterocycles. The first-order chi connectivity index (χ1) is 11.7. The summed E-state index contributed by atoms with van der Waals surface area (Å²) in [6.45, 7) is 3.15. The number of aromatic nitrogens is 2. The summed E-state index contributed by atoms with van der Waals surface area (Å²) in [7, 11) is 4.24. The van der Waals surface area contributed by atoms with E-state index < -0.39 is 0 Å². The fourth-order valence-electron chi connectivity index (χ4n) is 3.02. The van der Waals surface area contributed by atoms with Crippen molar-refractivity contribution in [1.29, 1.82) is 0 Å². The second-order valence-corrected chi connectivity index (χ2v) is 7.55. The summed E-state index contributed by atoms with van der Waals surface area (Å²) in [6.07, 6.45) is 6.03. The average molecular weight is 340 g/mol. The summed E-state index contributed by atoms with van der Waals surface area (Å²) < 4.78 is 2.32. The largest absolute Gasteiger partial charge is 0.315 e. The lowest BCUT2D eigenvalue weighted by atomic mass is 10.1. The van der Waals surface area contributed by atoms with Gasteiger partial charge in [-0.1, -0.05) is 37.3 Å². The van der Waals surface area contributed by atoms with Crippen molar-refractivity contribution in [2.75, 3.05) is 19.8 Å². The monoisotopic (exact) mass is 339 g/mol. The van der Waals surface area contributed by atoms with Crippen molar-refractivity contribution < 1.29 is 0 Å². The van der Waals surface area contributed by atoms with Gasteiger partial charge in [-0.15, -0.1) is 11.8 Å². The molecule has 0 aliphatic heterocycles. The third-order valence-corrected chi connectivity index (χ3v) is 5.06. The van der Waals surface area contributed by atoms with E-state index in [2.05, 4.69) is 77.9 Å². The van der Waals surface area contributed by atoms with Crippen LogP contribution in [0.15, 0.2) is 53.7 Å². The van der Waals surface area contributed by atoms with Crippen LogP contribution < -0.4 is 0 Å². The molecule has 0 N–H and O–H groups in total. The van der Waals surface area contributed by atoms with E-state index in [-0.39, 0.29) is 0 Å². The van der Waals surface area contributed by atoms with Crippen LogP contribution >= 0.6 is 11.8 Å². The first-order valence-electron chi connectivity index (χ1n) is 8.48. The quantitative estimate of drug-likeness (QED) is 0.599. The molecule has 2 heterocycles.